The van der Waals surface area contributed by atoms with E-state index in [-0.39, 0.29) is 11.8 Å². The van der Waals surface area contributed by atoms with E-state index in [1.807, 2.05) is 56.3 Å². The largest absolute Gasteiger partial charge is 0.354 e. The van der Waals surface area contributed by atoms with Gasteiger partial charge in [0.15, 0.2) is 0 Å². The maximum Gasteiger partial charge on any atom is 0.275 e. The zero-order valence-electron chi connectivity index (χ0n) is 17.3. The predicted octanol–water partition coefficient (Wildman–Crippen LogP) is 4.01. The maximum absolute atomic E-state index is 12.5. The molecule has 7 nitrogen and oxygen atoms in total. The Hall–Kier alpha value is -3.04. The number of nitrogens with one attached hydrogen (secondary N) is 3. The zero-order chi connectivity index (χ0) is 22.2. The average molecular weight is 455 g/mol. The first-order valence-corrected chi connectivity index (χ1v) is 12.4. The van der Waals surface area contributed by atoms with E-state index in [4.69, 9.17) is 0 Å². The molecule has 0 unspecified atom stereocenters. The van der Waals surface area contributed by atoms with Crippen LogP contribution in [0.2, 0.25) is 0 Å². The van der Waals surface area contributed by atoms with E-state index in [0.29, 0.717) is 17.0 Å². The molecule has 0 spiro atoms. The van der Waals surface area contributed by atoms with Crippen LogP contribution in [0, 0.1) is 5.92 Å². The predicted molar refractivity (Wildman–Crippen MR) is 126 cm³/mol. The van der Waals surface area contributed by atoms with E-state index in [9.17, 15) is 13.2 Å². The SMILES string of the molecule is CC(C)C1=NNC(=O)/C1=C1/C=C(Sc2ccc(NS(C)(=O)=O)cc2)c2ccccc2N1. The summed E-state index contributed by atoms with van der Waals surface area (Å²) in [6.45, 7) is 4.00. The Labute approximate surface area is 185 Å². The van der Waals surface area contributed by atoms with Crippen LogP contribution in [0.3, 0.4) is 0 Å². The summed E-state index contributed by atoms with van der Waals surface area (Å²) >= 11 is 1.55. The van der Waals surface area contributed by atoms with Gasteiger partial charge in [-0.3, -0.25) is 9.52 Å². The van der Waals surface area contributed by atoms with Gasteiger partial charge >= 0.3 is 0 Å². The van der Waals surface area contributed by atoms with Crippen LogP contribution in [-0.4, -0.2) is 26.3 Å². The minimum absolute atomic E-state index is 0.0970. The normalized spacial score (nSPS) is 18.1. The van der Waals surface area contributed by atoms with Crippen molar-refractivity contribution in [3.8, 4) is 0 Å². The number of hydrazone groups is 1. The van der Waals surface area contributed by atoms with Gasteiger partial charge in [-0.2, -0.15) is 5.10 Å². The topological polar surface area (TPSA) is 99.7 Å². The molecule has 2 heterocycles. The number of hydrogen-bond donors (Lipinski definition) is 3. The van der Waals surface area contributed by atoms with Crippen LogP contribution in [0.5, 0.6) is 0 Å². The van der Waals surface area contributed by atoms with Gasteiger partial charge in [0.05, 0.1) is 23.2 Å². The van der Waals surface area contributed by atoms with Crippen LogP contribution in [0.4, 0.5) is 11.4 Å². The summed E-state index contributed by atoms with van der Waals surface area (Å²) in [7, 11) is -3.32. The number of fused-ring (bicyclic) bond motifs is 1. The molecule has 3 N–H and O–H groups in total. The molecule has 1 amide bonds. The first-order valence-electron chi connectivity index (χ1n) is 9.67. The molecular weight excluding hydrogens is 432 g/mol. The van der Waals surface area contributed by atoms with Crippen LogP contribution in [0.25, 0.3) is 4.91 Å². The fourth-order valence-electron chi connectivity index (χ4n) is 3.37. The summed E-state index contributed by atoms with van der Waals surface area (Å²) < 4.78 is 25.3. The van der Waals surface area contributed by atoms with Crippen LogP contribution in [-0.2, 0) is 14.8 Å². The number of nitrogens with zero attached hydrogens (tertiary/aromatic N) is 1. The standard InChI is InChI=1S/C22H22N4O3S2/c1-13(2)21-20(22(27)25-24-21)18-12-19(16-6-4-5-7-17(16)23-18)30-15-10-8-14(9-11-15)26-31(3,28)29/h4-13,23,26H,1-3H3,(H,25,27)/b20-18-. The minimum Gasteiger partial charge on any atom is -0.354 e. The second-order valence-corrected chi connectivity index (χ2v) is 10.4. The number of sulfonamides is 1. The van der Waals surface area contributed by atoms with Gasteiger partial charge in [-0.1, -0.05) is 43.8 Å². The van der Waals surface area contributed by atoms with Crippen LogP contribution < -0.4 is 15.5 Å². The van der Waals surface area contributed by atoms with Gasteiger partial charge in [-0.15, -0.1) is 0 Å². The number of carbonyl (C=O) groups is 1. The third-order valence-corrected chi connectivity index (χ3v) is 6.37. The summed E-state index contributed by atoms with van der Waals surface area (Å²) in [6, 6.07) is 15.1. The van der Waals surface area contributed by atoms with Crippen molar-refractivity contribution in [3.63, 3.8) is 0 Å². The zero-order valence-corrected chi connectivity index (χ0v) is 18.9. The molecule has 0 saturated carbocycles. The molecule has 2 aliphatic heterocycles. The molecule has 31 heavy (non-hydrogen) atoms. The molecule has 4 rings (SSSR count). The summed E-state index contributed by atoms with van der Waals surface area (Å²) in [5.74, 6) is -0.123. The number of anilines is 2. The van der Waals surface area contributed by atoms with Gasteiger partial charge in [0.2, 0.25) is 10.0 Å². The number of rotatable bonds is 5. The van der Waals surface area contributed by atoms with E-state index in [0.717, 1.165) is 33.0 Å². The molecule has 0 aromatic heterocycles. The monoisotopic (exact) mass is 454 g/mol. The van der Waals surface area contributed by atoms with E-state index in [1.54, 1.807) is 23.9 Å². The molecule has 0 aliphatic carbocycles. The van der Waals surface area contributed by atoms with Crippen molar-refractivity contribution < 1.29 is 13.2 Å². The smallest absolute Gasteiger partial charge is 0.275 e. The molecule has 0 radical (unpaired) electrons. The highest BCUT2D eigenvalue weighted by Gasteiger charge is 2.30. The molecule has 0 atom stereocenters. The quantitative estimate of drug-likeness (QED) is 0.593. The Kier molecular flexibility index (Phi) is 5.63. The summed E-state index contributed by atoms with van der Waals surface area (Å²) in [5.41, 5.74) is 7.00. The number of hydrogen-bond acceptors (Lipinski definition) is 6. The molecule has 0 bridgehead atoms. The van der Waals surface area contributed by atoms with E-state index in [1.165, 1.54) is 0 Å². The molecule has 0 fully saturated rings. The van der Waals surface area contributed by atoms with E-state index < -0.39 is 10.0 Å². The number of amides is 1. The Morgan fingerprint density at radius 2 is 1.77 bits per heavy atom. The van der Waals surface area contributed by atoms with Crippen molar-refractivity contribution in [2.75, 3.05) is 16.3 Å². The van der Waals surface area contributed by atoms with E-state index >= 15 is 0 Å². The summed E-state index contributed by atoms with van der Waals surface area (Å²) in [6.07, 6.45) is 3.09. The van der Waals surface area contributed by atoms with Crippen LogP contribution >= 0.6 is 11.8 Å². The first-order chi connectivity index (χ1) is 14.7. The molecule has 160 valence electrons. The van der Waals surface area contributed by atoms with Crippen molar-refractivity contribution in [1.29, 1.82) is 0 Å². The number of para-hydroxylation sites is 1. The van der Waals surface area contributed by atoms with Crippen molar-refractivity contribution in [3.05, 3.63) is 71.4 Å². The third kappa shape index (κ3) is 4.67. The summed E-state index contributed by atoms with van der Waals surface area (Å²) in [4.78, 5) is 14.4. The van der Waals surface area contributed by atoms with Gasteiger partial charge < -0.3 is 5.32 Å². The Bertz CT molecular complexity index is 1240. The Morgan fingerprint density at radius 3 is 2.45 bits per heavy atom. The minimum atomic E-state index is -3.32. The molecule has 2 aromatic rings. The van der Waals surface area contributed by atoms with Crippen molar-refractivity contribution in [2.24, 2.45) is 11.0 Å². The maximum atomic E-state index is 12.5. The second-order valence-electron chi connectivity index (χ2n) is 7.56. The molecule has 0 saturated heterocycles. The lowest BCUT2D eigenvalue weighted by atomic mass is 9.96. The lowest BCUT2D eigenvalue weighted by Gasteiger charge is -2.23. The van der Waals surface area contributed by atoms with Crippen molar-refractivity contribution in [2.45, 2.75) is 18.7 Å². The average Bonchev–Trinajstić information content (AvgIpc) is 3.10. The Morgan fingerprint density at radius 1 is 1.06 bits per heavy atom. The van der Waals surface area contributed by atoms with Gasteiger partial charge in [0.25, 0.3) is 5.91 Å². The lowest BCUT2D eigenvalue weighted by Crippen LogP contribution is -2.21. The third-order valence-electron chi connectivity index (χ3n) is 4.70. The lowest BCUT2D eigenvalue weighted by molar-refractivity contribution is -0.116. The van der Waals surface area contributed by atoms with Crippen molar-refractivity contribution >= 4 is 49.7 Å². The molecular formula is C22H22N4O3S2. The Balaban J connectivity index is 1.72. The highest BCUT2D eigenvalue weighted by molar-refractivity contribution is 8.08. The van der Waals surface area contributed by atoms with Crippen LogP contribution in [0.15, 0.2) is 75.9 Å². The number of benzene rings is 2. The summed E-state index contributed by atoms with van der Waals surface area (Å²) in [5, 5.41) is 7.58. The molecule has 2 aromatic carbocycles. The first kappa shape index (κ1) is 21.2. The fourth-order valence-corrected chi connectivity index (χ4v) is 4.92. The highest BCUT2D eigenvalue weighted by atomic mass is 32.2. The van der Waals surface area contributed by atoms with Crippen LogP contribution in [0.1, 0.15) is 19.4 Å². The van der Waals surface area contributed by atoms with Crippen molar-refractivity contribution in [1.82, 2.24) is 5.43 Å². The molecule has 2 aliphatic rings. The van der Waals surface area contributed by atoms with Gasteiger partial charge in [-0.05, 0) is 42.3 Å². The number of allylic oxidation sites excluding steroid dienone is 1. The van der Waals surface area contributed by atoms with Gasteiger partial charge in [0, 0.05) is 26.7 Å². The highest BCUT2D eigenvalue weighted by Crippen LogP contribution is 2.42. The second kappa shape index (κ2) is 8.24. The van der Waals surface area contributed by atoms with E-state index in [2.05, 4.69) is 20.6 Å². The molecule has 9 heteroatoms. The number of carbonyl (C=O) groups excluding carboxylic acids is 1. The van der Waals surface area contributed by atoms with Gasteiger partial charge in [0.1, 0.15) is 0 Å². The fraction of sp³-hybridized carbons (Fsp3) is 0.182. The number of thioether (sulfide) groups is 1. The van der Waals surface area contributed by atoms with Gasteiger partial charge in [-0.25, -0.2) is 13.8 Å².